The third-order valence-electron chi connectivity index (χ3n) is 1.70. The minimum atomic E-state index is 1.06. The fourth-order valence-electron chi connectivity index (χ4n) is 0.934. The monoisotopic (exact) mass is 147 g/mol. The van der Waals surface area contributed by atoms with Gasteiger partial charge in [-0.1, -0.05) is 24.8 Å². The van der Waals surface area contributed by atoms with E-state index in [0.29, 0.717) is 0 Å². The number of rotatable bonds is 1. The normalized spacial score (nSPS) is 13.1. The molecule has 58 valence electrons. The molecule has 0 radical (unpaired) electrons. The molecule has 0 spiro atoms. The molecule has 0 N–H and O–H groups in total. The summed E-state index contributed by atoms with van der Waals surface area (Å²) in [5.41, 5.74) is 0. The molecule has 0 aliphatic rings. The molecule has 1 heteroatoms. The van der Waals surface area contributed by atoms with Crippen LogP contribution in [0.4, 0.5) is 0 Å². The Bertz CT molecular complexity index is 355. The highest BCUT2D eigenvalue weighted by molar-refractivity contribution is 5.36. The quantitative estimate of drug-likeness (QED) is 0.553. The first kappa shape index (κ1) is 7.86. The van der Waals surface area contributed by atoms with E-state index in [9.17, 15) is 0 Å². The molecule has 0 saturated carbocycles. The average Bonchev–Trinajstić information content (AvgIpc) is 2.31. The first-order valence-corrected chi connectivity index (χ1v) is 3.69. The average molecular weight is 147 g/mol. The summed E-state index contributed by atoms with van der Waals surface area (Å²) in [5, 5.41) is 2.24. The van der Waals surface area contributed by atoms with E-state index in [1.807, 2.05) is 36.9 Å². The standard InChI is InChI=1S/C10H13N/c1-4-5-6-10-7-8-11(3)9(10)2/h4-8H,2H2,1,3H3/b5-4-,10-6-. The van der Waals surface area contributed by atoms with Crippen molar-refractivity contribution in [1.29, 1.82) is 0 Å². The minimum Gasteiger partial charge on any atom is -0.351 e. The molecular weight excluding hydrogens is 134 g/mol. The van der Waals surface area contributed by atoms with Gasteiger partial charge in [-0.05, 0) is 18.2 Å². The molecule has 1 heterocycles. The maximum absolute atomic E-state index is 3.93. The molecule has 1 nitrogen and oxygen atoms in total. The van der Waals surface area contributed by atoms with E-state index in [-0.39, 0.29) is 0 Å². The zero-order chi connectivity index (χ0) is 8.27. The van der Waals surface area contributed by atoms with Crippen LogP contribution < -0.4 is 10.6 Å². The summed E-state index contributed by atoms with van der Waals surface area (Å²) < 4.78 is 2.01. The van der Waals surface area contributed by atoms with Crippen molar-refractivity contribution >= 4 is 12.7 Å². The second kappa shape index (κ2) is 3.24. The third kappa shape index (κ3) is 1.61. The largest absolute Gasteiger partial charge is 0.351 e. The van der Waals surface area contributed by atoms with Gasteiger partial charge in [0.25, 0.3) is 0 Å². The Kier molecular flexibility index (Phi) is 2.32. The SMILES string of the molecule is C=c1/c(=C\C=C/C)ccn1C. The Balaban J connectivity index is 3.25. The number of aryl methyl sites for hydroxylation is 1. The van der Waals surface area contributed by atoms with Crippen LogP contribution in [0.5, 0.6) is 0 Å². The van der Waals surface area contributed by atoms with Crippen molar-refractivity contribution in [2.45, 2.75) is 6.92 Å². The van der Waals surface area contributed by atoms with Gasteiger partial charge < -0.3 is 4.57 Å². The van der Waals surface area contributed by atoms with Gasteiger partial charge in [0.15, 0.2) is 0 Å². The minimum absolute atomic E-state index is 1.06. The van der Waals surface area contributed by atoms with Gasteiger partial charge in [0.05, 0.1) is 0 Å². The molecule has 0 bridgehead atoms. The predicted molar refractivity (Wildman–Crippen MR) is 49.5 cm³/mol. The smallest absolute Gasteiger partial charge is 0.0404 e. The summed E-state index contributed by atoms with van der Waals surface area (Å²) >= 11 is 0. The van der Waals surface area contributed by atoms with Crippen LogP contribution in [0.1, 0.15) is 6.92 Å². The maximum atomic E-state index is 3.93. The van der Waals surface area contributed by atoms with E-state index in [1.54, 1.807) is 0 Å². The van der Waals surface area contributed by atoms with Crippen molar-refractivity contribution in [3.8, 4) is 0 Å². The van der Waals surface area contributed by atoms with E-state index < -0.39 is 0 Å². The lowest BCUT2D eigenvalue weighted by Crippen LogP contribution is -2.24. The Morgan fingerprint density at radius 2 is 2.27 bits per heavy atom. The number of hydrogen-bond acceptors (Lipinski definition) is 0. The van der Waals surface area contributed by atoms with Crippen molar-refractivity contribution in [3.05, 3.63) is 35.0 Å². The van der Waals surface area contributed by atoms with Gasteiger partial charge in [-0.3, -0.25) is 0 Å². The summed E-state index contributed by atoms with van der Waals surface area (Å²) in [6, 6.07) is 2.06. The van der Waals surface area contributed by atoms with Crippen LogP contribution in [0.2, 0.25) is 0 Å². The molecule has 11 heavy (non-hydrogen) atoms. The van der Waals surface area contributed by atoms with Gasteiger partial charge in [0, 0.05) is 18.6 Å². The lowest BCUT2D eigenvalue weighted by atomic mass is 10.4. The van der Waals surface area contributed by atoms with Crippen molar-refractivity contribution in [2.24, 2.45) is 7.05 Å². The molecule has 0 aliphatic carbocycles. The molecule has 0 aliphatic heterocycles. The number of nitrogens with zero attached hydrogens (tertiary/aromatic N) is 1. The van der Waals surface area contributed by atoms with E-state index in [2.05, 4.69) is 18.7 Å². The second-order valence-corrected chi connectivity index (χ2v) is 2.52. The topological polar surface area (TPSA) is 4.93 Å². The summed E-state index contributed by atoms with van der Waals surface area (Å²) in [7, 11) is 2.00. The molecule has 0 aromatic carbocycles. The lowest BCUT2D eigenvalue weighted by Gasteiger charge is -1.84. The first-order chi connectivity index (χ1) is 5.25. The van der Waals surface area contributed by atoms with Crippen molar-refractivity contribution in [1.82, 2.24) is 4.57 Å². The molecule has 0 amide bonds. The molecule has 0 unspecified atom stereocenters. The molecule has 1 rings (SSSR count). The van der Waals surface area contributed by atoms with Crippen LogP contribution in [0.3, 0.4) is 0 Å². The van der Waals surface area contributed by atoms with Gasteiger partial charge in [-0.15, -0.1) is 0 Å². The lowest BCUT2D eigenvalue weighted by molar-refractivity contribution is 0.891. The van der Waals surface area contributed by atoms with Crippen molar-refractivity contribution in [2.75, 3.05) is 0 Å². The zero-order valence-corrected chi connectivity index (χ0v) is 7.04. The van der Waals surface area contributed by atoms with Crippen LogP contribution in [0.15, 0.2) is 24.4 Å². The van der Waals surface area contributed by atoms with Crippen LogP contribution in [-0.2, 0) is 7.05 Å². The summed E-state index contributed by atoms with van der Waals surface area (Å²) in [5.74, 6) is 0. The van der Waals surface area contributed by atoms with E-state index in [4.69, 9.17) is 0 Å². The molecular formula is C10H13N. The zero-order valence-electron chi connectivity index (χ0n) is 7.04. The van der Waals surface area contributed by atoms with Gasteiger partial charge in [0.2, 0.25) is 0 Å². The van der Waals surface area contributed by atoms with Crippen molar-refractivity contribution in [3.63, 3.8) is 0 Å². The Labute approximate surface area is 67.0 Å². The molecule has 0 saturated heterocycles. The molecule has 1 aromatic heterocycles. The van der Waals surface area contributed by atoms with Crippen molar-refractivity contribution < 1.29 is 0 Å². The Morgan fingerprint density at radius 1 is 1.55 bits per heavy atom. The number of aromatic nitrogens is 1. The fraction of sp³-hybridized carbons (Fsp3) is 0.200. The fourth-order valence-corrected chi connectivity index (χ4v) is 0.934. The van der Waals surface area contributed by atoms with E-state index >= 15 is 0 Å². The van der Waals surface area contributed by atoms with Gasteiger partial charge in [-0.25, -0.2) is 0 Å². The Morgan fingerprint density at radius 3 is 2.73 bits per heavy atom. The highest BCUT2D eigenvalue weighted by Crippen LogP contribution is 1.73. The van der Waals surface area contributed by atoms with Crippen LogP contribution in [0, 0.1) is 0 Å². The molecule has 1 aromatic rings. The summed E-state index contributed by atoms with van der Waals surface area (Å²) in [6.45, 7) is 5.93. The van der Waals surface area contributed by atoms with E-state index in [1.165, 1.54) is 5.22 Å². The molecule has 0 atom stereocenters. The first-order valence-electron chi connectivity index (χ1n) is 3.69. The van der Waals surface area contributed by atoms with Crippen LogP contribution >= 0.6 is 0 Å². The van der Waals surface area contributed by atoms with Crippen LogP contribution in [0.25, 0.3) is 12.7 Å². The highest BCUT2D eigenvalue weighted by Gasteiger charge is 1.84. The van der Waals surface area contributed by atoms with Gasteiger partial charge in [-0.2, -0.15) is 0 Å². The summed E-state index contributed by atoms with van der Waals surface area (Å²) in [4.78, 5) is 0. The number of hydrogen-bond donors (Lipinski definition) is 0. The van der Waals surface area contributed by atoms with Crippen LogP contribution in [-0.4, -0.2) is 4.57 Å². The highest BCUT2D eigenvalue weighted by atomic mass is 14.9. The maximum Gasteiger partial charge on any atom is 0.0404 e. The van der Waals surface area contributed by atoms with E-state index in [0.717, 1.165) is 5.35 Å². The third-order valence-corrected chi connectivity index (χ3v) is 1.70. The van der Waals surface area contributed by atoms with Gasteiger partial charge in [0.1, 0.15) is 0 Å². The second-order valence-electron chi connectivity index (χ2n) is 2.52. The van der Waals surface area contributed by atoms with Gasteiger partial charge >= 0.3 is 0 Å². The summed E-state index contributed by atoms with van der Waals surface area (Å²) in [6.07, 6.45) is 8.09. The Hall–Kier alpha value is -1.24. The molecule has 0 fully saturated rings. The predicted octanol–water partition coefficient (Wildman–Crippen LogP) is 0.792. The number of allylic oxidation sites excluding steroid dienone is 2.